The molecule has 0 atom stereocenters. The second-order valence-electron chi connectivity index (χ2n) is 4.78. The normalized spacial score (nSPS) is 10.3. The highest BCUT2D eigenvalue weighted by Gasteiger charge is 2.08. The predicted octanol–water partition coefficient (Wildman–Crippen LogP) is 2.08. The van der Waals surface area contributed by atoms with E-state index in [0.29, 0.717) is 18.7 Å². The van der Waals surface area contributed by atoms with Crippen molar-refractivity contribution < 1.29 is 9.53 Å². The average Bonchev–Trinajstić information content (AvgIpc) is 2.49. The van der Waals surface area contributed by atoms with E-state index >= 15 is 0 Å². The zero-order chi connectivity index (χ0) is 14.8. The number of aromatic nitrogens is 1. The molecule has 1 N–H and O–H groups in total. The van der Waals surface area contributed by atoms with Crippen LogP contribution < -0.4 is 10.2 Å². The highest BCUT2D eigenvalue weighted by molar-refractivity contribution is 5.94. The van der Waals surface area contributed by atoms with Crippen LogP contribution in [0.1, 0.15) is 36.5 Å². The number of carbonyl (C=O) groups is 1. The Labute approximate surface area is 121 Å². The summed E-state index contributed by atoms with van der Waals surface area (Å²) in [5.41, 5.74) is 0.649. The summed E-state index contributed by atoms with van der Waals surface area (Å²) in [7, 11) is 3.65. The summed E-state index contributed by atoms with van der Waals surface area (Å²) in [6.07, 6.45) is 4.76. The predicted molar refractivity (Wildman–Crippen MR) is 81.2 cm³/mol. The third-order valence-corrected chi connectivity index (χ3v) is 3.06. The van der Waals surface area contributed by atoms with Gasteiger partial charge in [0.05, 0.1) is 0 Å². The number of carbonyl (C=O) groups excluding carboxylic acids is 1. The van der Waals surface area contributed by atoms with Gasteiger partial charge in [-0.1, -0.05) is 13.3 Å². The molecule has 0 bridgehead atoms. The maximum atomic E-state index is 12.0. The Kier molecular flexibility index (Phi) is 7.65. The first-order valence-corrected chi connectivity index (χ1v) is 7.13. The fourth-order valence-electron chi connectivity index (χ4n) is 1.80. The van der Waals surface area contributed by atoms with Crippen LogP contribution in [0.5, 0.6) is 0 Å². The molecule has 0 spiro atoms. The summed E-state index contributed by atoms with van der Waals surface area (Å²) in [6, 6.07) is 3.57. The molecular formula is C15H25N3O2. The van der Waals surface area contributed by atoms with Gasteiger partial charge in [-0.3, -0.25) is 4.79 Å². The Morgan fingerprint density at radius 3 is 2.95 bits per heavy atom. The second-order valence-corrected chi connectivity index (χ2v) is 4.78. The minimum Gasteiger partial charge on any atom is -0.385 e. The third-order valence-electron chi connectivity index (χ3n) is 3.06. The van der Waals surface area contributed by atoms with Gasteiger partial charge in [0.1, 0.15) is 5.82 Å². The van der Waals surface area contributed by atoms with E-state index in [-0.39, 0.29) is 5.91 Å². The van der Waals surface area contributed by atoms with Gasteiger partial charge in [-0.05, 0) is 25.0 Å². The zero-order valence-corrected chi connectivity index (χ0v) is 12.7. The summed E-state index contributed by atoms with van der Waals surface area (Å²) in [4.78, 5) is 18.4. The van der Waals surface area contributed by atoms with Crippen molar-refractivity contribution in [1.29, 1.82) is 0 Å². The number of nitrogens with one attached hydrogen (secondary N) is 1. The SMILES string of the molecule is CCCCN(C)c1cc(C(=O)NCCCOC)ccn1. The topological polar surface area (TPSA) is 54.5 Å². The van der Waals surface area contributed by atoms with Gasteiger partial charge >= 0.3 is 0 Å². The molecule has 0 unspecified atom stereocenters. The van der Waals surface area contributed by atoms with Crippen molar-refractivity contribution in [3.8, 4) is 0 Å². The van der Waals surface area contributed by atoms with Crippen molar-refractivity contribution in [2.75, 3.05) is 38.8 Å². The Morgan fingerprint density at radius 1 is 1.45 bits per heavy atom. The molecule has 5 nitrogen and oxygen atoms in total. The molecule has 0 aliphatic rings. The average molecular weight is 279 g/mol. The van der Waals surface area contributed by atoms with E-state index in [2.05, 4.69) is 22.1 Å². The van der Waals surface area contributed by atoms with Crippen LogP contribution in [-0.2, 0) is 4.74 Å². The summed E-state index contributed by atoms with van der Waals surface area (Å²) in [5.74, 6) is 0.775. The quantitative estimate of drug-likeness (QED) is 0.703. The van der Waals surface area contributed by atoms with Crippen molar-refractivity contribution in [2.24, 2.45) is 0 Å². The van der Waals surface area contributed by atoms with Crippen LogP contribution in [0.25, 0.3) is 0 Å². The number of ether oxygens (including phenoxy) is 1. The highest BCUT2D eigenvalue weighted by Crippen LogP contribution is 2.11. The minimum atomic E-state index is -0.0614. The largest absolute Gasteiger partial charge is 0.385 e. The molecule has 1 aromatic rings. The monoisotopic (exact) mass is 279 g/mol. The fraction of sp³-hybridized carbons (Fsp3) is 0.600. The number of pyridine rings is 1. The van der Waals surface area contributed by atoms with Crippen LogP contribution in [0, 0.1) is 0 Å². The molecular weight excluding hydrogens is 254 g/mol. The lowest BCUT2D eigenvalue weighted by Crippen LogP contribution is -2.26. The van der Waals surface area contributed by atoms with Gasteiger partial charge in [-0.15, -0.1) is 0 Å². The van der Waals surface area contributed by atoms with Crippen molar-refractivity contribution in [3.63, 3.8) is 0 Å². The number of methoxy groups -OCH3 is 1. The third kappa shape index (κ3) is 5.57. The summed E-state index contributed by atoms with van der Waals surface area (Å²) in [5, 5.41) is 2.88. The molecule has 0 radical (unpaired) electrons. The van der Waals surface area contributed by atoms with E-state index in [4.69, 9.17) is 4.74 Å². The zero-order valence-electron chi connectivity index (χ0n) is 12.7. The Balaban J connectivity index is 2.55. The lowest BCUT2D eigenvalue weighted by Gasteiger charge is -2.18. The van der Waals surface area contributed by atoms with Crippen LogP contribution in [0.3, 0.4) is 0 Å². The summed E-state index contributed by atoms with van der Waals surface area (Å²) >= 11 is 0. The van der Waals surface area contributed by atoms with Gasteiger partial charge in [0.25, 0.3) is 5.91 Å². The number of nitrogens with zero attached hydrogens (tertiary/aromatic N) is 2. The summed E-state index contributed by atoms with van der Waals surface area (Å²) in [6.45, 7) is 4.38. The van der Waals surface area contributed by atoms with Crippen LogP contribution in [0.15, 0.2) is 18.3 Å². The molecule has 1 amide bonds. The van der Waals surface area contributed by atoms with Crippen LogP contribution in [0.4, 0.5) is 5.82 Å². The molecule has 112 valence electrons. The lowest BCUT2D eigenvalue weighted by molar-refractivity contribution is 0.0948. The van der Waals surface area contributed by atoms with Crippen LogP contribution in [-0.4, -0.2) is 44.7 Å². The summed E-state index contributed by atoms with van der Waals surface area (Å²) < 4.78 is 4.95. The van der Waals surface area contributed by atoms with E-state index in [0.717, 1.165) is 31.6 Å². The van der Waals surface area contributed by atoms with Crippen LogP contribution in [0.2, 0.25) is 0 Å². The molecule has 0 fully saturated rings. The van der Waals surface area contributed by atoms with Crippen LogP contribution >= 0.6 is 0 Å². The number of hydrogen-bond donors (Lipinski definition) is 1. The molecule has 1 heterocycles. The molecule has 0 aliphatic heterocycles. The van der Waals surface area contributed by atoms with E-state index in [1.54, 1.807) is 19.4 Å². The van der Waals surface area contributed by atoms with Gasteiger partial charge in [0, 0.05) is 45.6 Å². The Bertz CT molecular complexity index is 410. The number of hydrogen-bond acceptors (Lipinski definition) is 4. The first-order chi connectivity index (χ1) is 9.69. The van der Waals surface area contributed by atoms with Crippen molar-refractivity contribution >= 4 is 11.7 Å². The Morgan fingerprint density at radius 2 is 2.25 bits per heavy atom. The number of amides is 1. The van der Waals surface area contributed by atoms with Gasteiger partial charge in [0.2, 0.25) is 0 Å². The fourth-order valence-corrected chi connectivity index (χ4v) is 1.80. The van der Waals surface area contributed by atoms with E-state index in [1.165, 1.54) is 0 Å². The van der Waals surface area contributed by atoms with E-state index in [9.17, 15) is 4.79 Å². The van der Waals surface area contributed by atoms with Gasteiger partial charge in [0.15, 0.2) is 0 Å². The molecule has 0 saturated carbocycles. The second kappa shape index (κ2) is 9.31. The minimum absolute atomic E-state index is 0.0614. The standard InChI is InChI=1S/C15H25N3O2/c1-4-5-10-18(2)14-12-13(7-9-16-14)15(19)17-8-6-11-20-3/h7,9,12H,4-6,8,10-11H2,1-3H3,(H,17,19). The van der Waals surface area contributed by atoms with E-state index < -0.39 is 0 Å². The molecule has 1 aromatic heterocycles. The van der Waals surface area contributed by atoms with Gasteiger partial charge < -0.3 is 15.0 Å². The first-order valence-electron chi connectivity index (χ1n) is 7.13. The highest BCUT2D eigenvalue weighted by atomic mass is 16.5. The first kappa shape index (κ1) is 16.4. The Hall–Kier alpha value is -1.62. The number of anilines is 1. The van der Waals surface area contributed by atoms with Gasteiger partial charge in [-0.25, -0.2) is 4.98 Å². The van der Waals surface area contributed by atoms with E-state index in [1.807, 2.05) is 13.1 Å². The van der Waals surface area contributed by atoms with Crippen molar-refractivity contribution in [1.82, 2.24) is 10.3 Å². The molecule has 1 rings (SSSR count). The number of unbranched alkanes of at least 4 members (excludes halogenated alkanes) is 1. The van der Waals surface area contributed by atoms with Crippen molar-refractivity contribution in [2.45, 2.75) is 26.2 Å². The maximum absolute atomic E-state index is 12.0. The van der Waals surface area contributed by atoms with Gasteiger partial charge in [-0.2, -0.15) is 0 Å². The smallest absolute Gasteiger partial charge is 0.251 e. The molecule has 20 heavy (non-hydrogen) atoms. The molecule has 5 heteroatoms. The lowest BCUT2D eigenvalue weighted by atomic mass is 10.2. The maximum Gasteiger partial charge on any atom is 0.251 e. The number of rotatable bonds is 9. The molecule has 0 aromatic carbocycles. The molecule has 0 aliphatic carbocycles. The molecule has 0 saturated heterocycles. The van der Waals surface area contributed by atoms with Crippen molar-refractivity contribution in [3.05, 3.63) is 23.9 Å².